The number of hydrogen-bond donors (Lipinski definition) is 1. The molecule has 3 aromatic rings. The minimum atomic E-state index is -3.83. The number of carbonyl (C=O) groups is 1. The second-order valence-electron chi connectivity index (χ2n) is 6.37. The quantitative estimate of drug-likeness (QED) is 0.430. The lowest BCUT2D eigenvalue weighted by Crippen LogP contribution is -2.14. The van der Waals surface area contributed by atoms with E-state index in [9.17, 15) is 13.2 Å². The summed E-state index contributed by atoms with van der Waals surface area (Å²) in [6.45, 7) is 1.72. The number of ether oxygens (including phenoxy) is 1. The molecule has 0 fully saturated rings. The first-order valence-corrected chi connectivity index (χ1v) is 11.3. The molecule has 1 N–H and O–H groups in total. The van der Waals surface area contributed by atoms with Crippen molar-refractivity contribution in [3.05, 3.63) is 89.5 Å². The summed E-state index contributed by atoms with van der Waals surface area (Å²) in [6.07, 6.45) is 0. The highest BCUT2D eigenvalue weighted by Crippen LogP contribution is 2.24. The molecule has 0 aliphatic rings. The molecule has 0 amide bonds. The fourth-order valence-corrected chi connectivity index (χ4v) is 4.62. The lowest BCUT2D eigenvalue weighted by atomic mass is 10.1. The topological polar surface area (TPSA) is 72.5 Å². The molecule has 0 atom stereocenters. The van der Waals surface area contributed by atoms with Crippen LogP contribution in [0.15, 0.2) is 82.6 Å². The van der Waals surface area contributed by atoms with E-state index < -0.39 is 16.0 Å². The SMILES string of the molecule is COC(=O)c1cc(S(=O)(=O)Nc2ccc(CSc3ccccc3)cc2)ccc1C. The Bertz CT molecular complexity index is 1100. The molecule has 0 saturated heterocycles. The summed E-state index contributed by atoms with van der Waals surface area (Å²) in [5.74, 6) is 0.220. The molecule has 0 radical (unpaired) electrons. The number of benzene rings is 3. The Labute approximate surface area is 175 Å². The molecule has 5 nitrogen and oxygen atoms in total. The van der Waals surface area contributed by atoms with Crippen LogP contribution in [0.4, 0.5) is 5.69 Å². The summed E-state index contributed by atoms with van der Waals surface area (Å²) in [6, 6.07) is 21.7. The van der Waals surface area contributed by atoms with Crippen LogP contribution in [-0.2, 0) is 20.5 Å². The third-order valence-corrected chi connectivity index (χ3v) is 6.74. The summed E-state index contributed by atoms with van der Waals surface area (Å²) in [7, 11) is -2.56. The molecule has 0 heterocycles. The fraction of sp³-hybridized carbons (Fsp3) is 0.136. The first kappa shape index (κ1) is 21.0. The first-order chi connectivity index (χ1) is 13.9. The monoisotopic (exact) mass is 427 g/mol. The Hall–Kier alpha value is -2.77. The van der Waals surface area contributed by atoms with Gasteiger partial charge in [-0.15, -0.1) is 11.8 Å². The van der Waals surface area contributed by atoms with Gasteiger partial charge in [-0.05, 0) is 54.4 Å². The maximum Gasteiger partial charge on any atom is 0.338 e. The summed E-state index contributed by atoms with van der Waals surface area (Å²) in [4.78, 5) is 13.0. The molecule has 3 aromatic carbocycles. The van der Waals surface area contributed by atoms with Crippen LogP contribution in [0, 0.1) is 6.92 Å². The van der Waals surface area contributed by atoms with Crippen molar-refractivity contribution >= 4 is 33.4 Å². The van der Waals surface area contributed by atoms with Crippen molar-refractivity contribution in [1.29, 1.82) is 0 Å². The number of nitrogens with one attached hydrogen (secondary N) is 1. The van der Waals surface area contributed by atoms with Gasteiger partial charge in [-0.25, -0.2) is 13.2 Å². The van der Waals surface area contributed by atoms with Crippen LogP contribution in [0.1, 0.15) is 21.5 Å². The van der Waals surface area contributed by atoms with E-state index in [2.05, 4.69) is 16.9 Å². The second-order valence-corrected chi connectivity index (χ2v) is 9.10. The average molecular weight is 428 g/mol. The number of sulfonamides is 1. The van der Waals surface area contributed by atoms with Gasteiger partial charge in [0.05, 0.1) is 17.6 Å². The largest absolute Gasteiger partial charge is 0.465 e. The van der Waals surface area contributed by atoms with Crippen LogP contribution < -0.4 is 4.72 Å². The normalized spacial score (nSPS) is 11.1. The van der Waals surface area contributed by atoms with E-state index in [1.807, 2.05) is 30.3 Å². The molecule has 0 unspecified atom stereocenters. The molecule has 29 heavy (non-hydrogen) atoms. The standard InChI is InChI=1S/C22H21NO4S2/c1-16-8-13-20(14-21(16)22(24)27-2)29(25,26)23-18-11-9-17(10-12-18)15-28-19-6-4-3-5-7-19/h3-14,23H,15H2,1-2H3. The van der Waals surface area contributed by atoms with E-state index in [4.69, 9.17) is 4.74 Å². The predicted molar refractivity (Wildman–Crippen MR) is 116 cm³/mol. The van der Waals surface area contributed by atoms with Crippen molar-refractivity contribution in [2.75, 3.05) is 11.8 Å². The highest BCUT2D eigenvalue weighted by Gasteiger charge is 2.18. The molecule has 0 spiro atoms. The Morgan fingerprint density at radius 1 is 1.00 bits per heavy atom. The number of thioether (sulfide) groups is 1. The molecule has 0 aliphatic carbocycles. The summed E-state index contributed by atoms with van der Waals surface area (Å²) < 4.78 is 32.7. The predicted octanol–water partition coefficient (Wildman–Crippen LogP) is 4.87. The molecular formula is C22H21NO4S2. The molecule has 0 saturated carbocycles. The zero-order valence-electron chi connectivity index (χ0n) is 16.1. The lowest BCUT2D eigenvalue weighted by Gasteiger charge is -2.11. The first-order valence-electron chi connectivity index (χ1n) is 8.87. The Kier molecular flexibility index (Phi) is 6.61. The van der Waals surface area contributed by atoms with Gasteiger partial charge in [-0.3, -0.25) is 4.72 Å². The van der Waals surface area contributed by atoms with Gasteiger partial charge in [0, 0.05) is 16.3 Å². The van der Waals surface area contributed by atoms with Crippen molar-refractivity contribution in [2.24, 2.45) is 0 Å². The van der Waals surface area contributed by atoms with Gasteiger partial charge in [-0.1, -0.05) is 36.4 Å². The zero-order valence-corrected chi connectivity index (χ0v) is 17.7. The molecule has 0 aliphatic heterocycles. The third-order valence-electron chi connectivity index (χ3n) is 4.28. The molecule has 0 bridgehead atoms. The second kappa shape index (κ2) is 9.15. The Morgan fingerprint density at radius 2 is 1.69 bits per heavy atom. The van der Waals surface area contributed by atoms with Crippen molar-refractivity contribution in [3.63, 3.8) is 0 Å². The number of methoxy groups -OCH3 is 1. The van der Waals surface area contributed by atoms with Gasteiger partial charge in [0.1, 0.15) is 0 Å². The number of hydrogen-bond acceptors (Lipinski definition) is 5. The Morgan fingerprint density at radius 3 is 2.34 bits per heavy atom. The zero-order chi connectivity index (χ0) is 20.9. The van der Waals surface area contributed by atoms with Gasteiger partial charge in [-0.2, -0.15) is 0 Å². The maximum atomic E-state index is 12.7. The van der Waals surface area contributed by atoms with Gasteiger partial charge in [0.25, 0.3) is 10.0 Å². The lowest BCUT2D eigenvalue weighted by molar-refractivity contribution is 0.0599. The molecular weight excluding hydrogens is 406 g/mol. The van der Waals surface area contributed by atoms with Crippen LogP contribution in [0.25, 0.3) is 0 Å². The summed E-state index contributed by atoms with van der Waals surface area (Å²) in [5, 5.41) is 0. The molecule has 3 rings (SSSR count). The number of rotatable bonds is 7. The number of esters is 1. The van der Waals surface area contributed by atoms with Crippen LogP contribution in [0.2, 0.25) is 0 Å². The van der Waals surface area contributed by atoms with Crippen LogP contribution in [-0.4, -0.2) is 21.5 Å². The van der Waals surface area contributed by atoms with E-state index in [1.165, 1.54) is 24.1 Å². The number of aryl methyl sites for hydroxylation is 1. The van der Waals surface area contributed by atoms with Crippen molar-refractivity contribution in [3.8, 4) is 0 Å². The van der Waals surface area contributed by atoms with Crippen LogP contribution >= 0.6 is 11.8 Å². The van der Waals surface area contributed by atoms with E-state index in [-0.39, 0.29) is 10.5 Å². The minimum Gasteiger partial charge on any atom is -0.465 e. The van der Waals surface area contributed by atoms with E-state index in [1.54, 1.807) is 36.9 Å². The van der Waals surface area contributed by atoms with E-state index in [0.717, 1.165) is 11.3 Å². The van der Waals surface area contributed by atoms with Crippen LogP contribution in [0.3, 0.4) is 0 Å². The van der Waals surface area contributed by atoms with Gasteiger partial charge in [0.15, 0.2) is 0 Å². The van der Waals surface area contributed by atoms with Crippen molar-refractivity contribution in [2.45, 2.75) is 22.5 Å². The average Bonchev–Trinajstić information content (AvgIpc) is 2.73. The summed E-state index contributed by atoms with van der Waals surface area (Å²) >= 11 is 1.71. The fourth-order valence-electron chi connectivity index (χ4n) is 2.66. The van der Waals surface area contributed by atoms with Gasteiger partial charge < -0.3 is 4.74 Å². The van der Waals surface area contributed by atoms with Crippen molar-refractivity contribution in [1.82, 2.24) is 0 Å². The maximum absolute atomic E-state index is 12.7. The van der Waals surface area contributed by atoms with E-state index >= 15 is 0 Å². The van der Waals surface area contributed by atoms with Crippen LogP contribution in [0.5, 0.6) is 0 Å². The van der Waals surface area contributed by atoms with Crippen molar-refractivity contribution < 1.29 is 17.9 Å². The van der Waals surface area contributed by atoms with E-state index in [0.29, 0.717) is 11.3 Å². The third kappa shape index (κ3) is 5.40. The molecule has 150 valence electrons. The van der Waals surface area contributed by atoms with Gasteiger partial charge in [0.2, 0.25) is 0 Å². The number of carbonyl (C=O) groups excluding carboxylic acids is 1. The highest BCUT2D eigenvalue weighted by molar-refractivity contribution is 7.98. The smallest absolute Gasteiger partial charge is 0.338 e. The highest BCUT2D eigenvalue weighted by atomic mass is 32.2. The number of anilines is 1. The molecule has 7 heteroatoms. The molecule has 0 aromatic heterocycles. The summed E-state index contributed by atoms with van der Waals surface area (Å²) in [5.41, 5.74) is 2.42. The minimum absolute atomic E-state index is 0.00668. The van der Waals surface area contributed by atoms with Gasteiger partial charge >= 0.3 is 5.97 Å². The Balaban J connectivity index is 1.71.